The number of nitriles is 1. The smallest absolute Gasteiger partial charge is 0.395 e. The van der Waals surface area contributed by atoms with Crippen LogP contribution < -0.4 is 5.43 Å². The maximum absolute atomic E-state index is 14.6. The molecule has 47 heavy (non-hydrogen) atoms. The maximum Gasteiger partial charge on any atom is 0.435 e. The molecule has 4 heterocycles. The molecule has 5 aromatic rings. The highest BCUT2D eigenvalue weighted by Crippen LogP contribution is 2.35. The summed E-state index contributed by atoms with van der Waals surface area (Å²) in [5.74, 6) is -0.463. The van der Waals surface area contributed by atoms with Crippen LogP contribution in [0.15, 0.2) is 59.1 Å². The molecule has 0 radical (unpaired) electrons. The van der Waals surface area contributed by atoms with Crippen molar-refractivity contribution in [1.29, 1.82) is 5.26 Å². The molecule has 244 valence electrons. The van der Waals surface area contributed by atoms with Crippen molar-refractivity contribution in [3.05, 3.63) is 76.0 Å². The Hall–Kier alpha value is -4.20. The van der Waals surface area contributed by atoms with E-state index in [1.807, 2.05) is 24.4 Å². The predicted molar refractivity (Wildman–Crippen MR) is 176 cm³/mol. The average Bonchev–Trinajstić information content (AvgIpc) is 3.79. The van der Waals surface area contributed by atoms with Gasteiger partial charge in [0.25, 0.3) is 0 Å². The number of β-amino-alcohol motifs (C(OH)–C–C–N with tert-alkyl or cyclic N) is 1. The Morgan fingerprint density at radius 3 is 2.47 bits per heavy atom. The van der Waals surface area contributed by atoms with E-state index in [1.165, 1.54) is 41.8 Å². The molecule has 0 atom stereocenters. The Morgan fingerprint density at radius 1 is 1.06 bits per heavy atom. The summed E-state index contributed by atoms with van der Waals surface area (Å²) in [6.07, 6.45) is -3.38. The van der Waals surface area contributed by atoms with Crippen LogP contribution in [0, 0.1) is 17.1 Å². The molecule has 0 amide bonds. The number of benzene rings is 2. The van der Waals surface area contributed by atoms with Gasteiger partial charge in [0.15, 0.2) is 5.71 Å². The van der Waals surface area contributed by atoms with Crippen LogP contribution in [-0.2, 0) is 13.1 Å². The standard InChI is InChI=1S/C32H30F4N8OS2/c1-2-44-18-25(29(32(34,35)36)40-41-31-39-28(27(16-37)47-31)20-3-6-22(33)7-4-20)24-15-21(5-8-26(24)44)30-38-23(19-46-30)17-43-11-9-42(10-12-43)13-14-45/h3-8,15,18-19,45H,2,9-14,17H2,1H3,(H,39,41)/b40-29-. The quantitative estimate of drug-likeness (QED) is 0.0997. The molecule has 1 aliphatic rings. The first-order valence-corrected chi connectivity index (χ1v) is 16.6. The number of nitrogens with zero attached hydrogens (tertiary/aromatic N) is 7. The van der Waals surface area contributed by atoms with Crippen molar-refractivity contribution in [1.82, 2.24) is 24.3 Å². The highest BCUT2D eigenvalue weighted by Gasteiger charge is 2.39. The number of rotatable bonds is 10. The Balaban J connectivity index is 1.29. The minimum atomic E-state index is -4.82. The monoisotopic (exact) mass is 682 g/mol. The van der Waals surface area contributed by atoms with Crippen molar-refractivity contribution in [2.45, 2.75) is 26.2 Å². The zero-order valence-corrected chi connectivity index (χ0v) is 26.9. The van der Waals surface area contributed by atoms with Crippen LogP contribution >= 0.6 is 22.7 Å². The third-order valence-electron chi connectivity index (χ3n) is 7.92. The number of aliphatic hydroxyl groups excluding tert-OH is 1. The van der Waals surface area contributed by atoms with Gasteiger partial charge in [-0.25, -0.2) is 14.4 Å². The van der Waals surface area contributed by atoms with Crippen LogP contribution in [0.25, 0.3) is 32.7 Å². The number of fused-ring (bicyclic) bond motifs is 1. The maximum atomic E-state index is 14.6. The second-order valence-corrected chi connectivity index (χ2v) is 12.8. The third kappa shape index (κ3) is 7.21. The van der Waals surface area contributed by atoms with E-state index < -0.39 is 17.7 Å². The molecule has 6 rings (SSSR count). The first-order valence-electron chi connectivity index (χ1n) is 14.9. The van der Waals surface area contributed by atoms with Gasteiger partial charge in [-0.2, -0.15) is 23.5 Å². The summed E-state index contributed by atoms with van der Waals surface area (Å²) in [5.41, 5.74) is 4.10. The van der Waals surface area contributed by atoms with Crippen LogP contribution in [0.1, 0.15) is 23.1 Å². The van der Waals surface area contributed by atoms with Gasteiger partial charge in [0.2, 0.25) is 5.13 Å². The van der Waals surface area contributed by atoms with Crippen molar-refractivity contribution < 1.29 is 22.7 Å². The van der Waals surface area contributed by atoms with E-state index in [1.54, 1.807) is 16.7 Å². The van der Waals surface area contributed by atoms with Crippen LogP contribution in [0.3, 0.4) is 0 Å². The summed E-state index contributed by atoms with van der Waals surface area (Å²) in [6.45, 7) is 7.27. The molecule has 1 aliphatic heterocycles. The number of thiazole rings is 2. The molecule has 9 nitrogen and oxygen atoms in total. The zero-order valence-electron chi connectivity index (χ0n) is 25.3. The van der Waals surface area contributed by atoms with Gasteiger partial charge in [-0.05, 0) is 49.4 Å². The second-order valence-electron chi connectivity index (χ2n) is 10.9. The van der Waals surface area contributed by atoms with Crippen molar-refractivity contribution in [3.8, 4) is 27.9 Å². The first kappa shape index (κ1) is 32.7. The molecule has 0 bridgehead atoms. The number of aromatic nitrogens is 3. The molecule has 0 saturated carbocycles. The molecule has 3 aromatic heterocycles. The number of hydrogen-bond donors (Lipinski definition) is 2. The van der Waals surface area contributed by atoms with E-state index >= 15 is 0 Å². The number of hydrogen-bond acceptors (Lipinski definition) is 10. The van der Waals surface area contributed by atoms with E-state index in [0.29, 0.717) is 46.7 Å². The number of nitrogens with one attached hydrogen (secondary N) is 1. The SMILES string of the molecule is CCn1cc(/C(=N/Nc2nc(-c3ccc(F)cc3)c(C#N)s2)C(F)(F)F)c2cc(-c3nc(CN4CCN(CCO)CC4)cs3)ccc21. The summed E-state index contributed by atoms with van der Waals surface area (Å²) in [7, 11) is 0. The normalized spacial score (nSPS) is 15.0. The third-order valence-corrected chi connectivity index (χ3v) is 9.73. The lowest BCUT2D eigenvalue weighted by molar-refractivity contribution is -0.0580. The highest BCUT2D eigenvalue weighted by atomic mass is 32.1. The average molecular weight is 683 g/mol. The minimum Gasteiger partial charge on any atom is -0.395 e. The van der Waals surface area contributed by atoms with Crippen LogP contribution in [0.4, 0.5) is 22.7 Å². The van der Waals surface area contributed by atoms with Gasteiger partial charge in [0.05, 0.1) is 12.3 Å². The number of piperazine rings is 1. The second kappa shape index (κ2) is 13.9. The van der Waals surface area contributed by atoms with Gasteiger partial charge in [0, 0.05) is 85.0 Å². The molecule has 1 fully saturated rings. The van der Waals surface area contributed by atoms with Gasteiger partial charge in [0.1, 0.15) is 27.5 Å². The molecule has 0 aliphatic carbocycles. The van der Waals surface area contributed by atoms with Gasteiger partial charge in [-0.15, -0.1) is 11.3 Å². The summed E-state index contributed by atoms with van der Waals surface area (Å²) in [4.78, 5) is 13.8. The molecular weight excluding hydrogens is 653 g/mol. The largest absolute Gasteiger partial charge is 0.435 e. The van der Waals surface area contributed by atoms with Crippen molar-refractivity contribution in [2.75, 3.05) is 44.8 Å². The fourth-order valence-electron chi connectivity index (χ4n) is 5.56. The molecule has 2 N–H and O–H groups in total. The first-order chi connectivity index (χ1) is 22.7. The molecule has 15 heteroatoms. The fourth-order valence-corrected chi connectivity index (χ4v) is 7.10. The molecule has 0 spiro atoms. The zero-order chi connectivity index (χ0) is 33.1. The fraction of sp³-hybridized carbons (Fsp3) is 0.312. The number of anilines is 1. The Kier molecular flexibility index (Phi) is 9.67. The van der Waals surface area contributed by atoms with E-state index in [2.05, 4.69) is 25.3 Å². The number of hydrazone groups is 1. The van der Waals surface area contributed by atoms with Crippen molar-refractivity contribution in [2.24, 2.45) is 5.10 Å². The lowest BCUT2D eigenvalue weighted by Gasteiger charge is -2.33. The molecule has 1 saturated heterocycles. The van der Waals surface area contributed by atoms with Crippen LogP contribution in [-0.4, -0.2) is 80.7 Å². The Morgan fingerprint density at radius 2 is 1.79 bits per heavy atom. The Labute approximate surface area is 276 Å². The van der Waals surface area contributed by atoms with Gasteiger partial charge in [-0.3, -0.25) is 15.2 Å². The molecular formula is C32H30F4N8OS2. The minimum absolute atomic E-state index is 0.00679. The van der Waals surface area contributed by atoms with Gasteiger partial charge < -0.3 is 9.67 Å². The summed E-state index contributed by atoms with van der Waals surface area (Å²) in [6, 6.07) is 12.7. The van der Waals surface area contributed by atoms with E-state index in [9.17, 15) is 27.9 Å². The summed E-state index contributed by atoms with van der Waals surface area (Å²) in [5, 5.41) is 25.6. The Bertz CT molecular complexity index is 1930. The molecule has 0 unspecified atom stereocenters. The van der Waals surface area contributed by atoms with Crippen LogP contribution in [0.2, 0.25) is 0 Å². The lowest BCUT2D eigenvalue weighted by atomic mass is 10.1. The molecule has 2 aromatic carbocycles. The van der Waals surface area contributed by atoms with E-state index in [-0.39, 0.29) is 27.9 Å². The van der Waals surface area contributed by atoms with Crippen LogP contribution in [0.5, 0.6) is 0 Å². The van der Waals surface area contributed by atoms with Crippen molar-refractivity contribution in [3.63, 3.8) is 0 Å². The van der Waals surface area contributed by atoms with Crippen molar-refractivity contribution >= 4 is 44.4 Å². The summed E-state index contributed by atoms with van der Waals surface area (Å²) < 4.78 is 59.0. The van der Waals surface area contributed by atoms with E-state index in [0.717, 1.165) is 43.2 Å². The predicted octanol–water partition coefficient (Wildman–Crippen LogP) is 6.41. The number of halogens is 4. The lowest BCUT2D eigenvalue weighted by Crippen LogP contribution is -2.46. The van der Waals surface area contributed by atoms with Gasteiger partial charge in [-0.1, -0.05) is 11.3 Å². The van der Waals surface area contributed by atoms with E-state index in [4.69, 9.17) is 4.98 Å². The highest BCUT2D eigenvalue weighted by molar-refractivity contribution is 7.16. The number of aryl methyl sites for hydroxylation is 1. The number of alkyl halides is 3. The number of aliphatic hydroxyl groups is 1. The topological polar surface area (TPSA) is 106 Å². The van der Waals surface area contributed by atoms with Gasteiger partial charge >= 0.3 is 6.18 Å². The summed E-state index contributed by atoms with van der Waals surface area (Å²) >= 11 is 2.30.